The van der Waals surface area contributed by atoms with Crippen molar-refractivity contribution in [2.75, 3.05) is 4.90 Å². The average Bonchev–Trinajstić information content (AvgIpc) is 3.15. The lowest BCUT2D eigenvalue weighted by Gasteiger charge is -2.35. The van der Waals surface area contributed by atoms with Crippen molar-refractivity contribution in [3.63, 3.8) is 0 Å². The van der Waals surface area contributed by atoms with Crippen LogP contribution in [0.5, 0.6) is 0 Å². The van der Waals surface area contributed by atoms with Gasteiger partial charge in [0, 0.05) is 26.7 Å². The first-order valence-electron chi connectivity index (χ1n) is 10.4. The molecule has 2 aliphatic rings. The first-order valence-corrected chi connectivity index (χ1v) is 11.6. The fourth-order valence-electron chi connectivity index (χ4n) is 5.08. The van der Waals surface area contributed by atoms with Gasteiger partial charge in [-0.05, 0) is 41.5 Å². The van der Waals surface area contributed by atoms with Gasteiger partial charge in [0.25, 0.3) is 0 Å². The van der Waals surface area contributed by atoms with Crippen LogP contribution in [0.4, 0.5) is 5.69 Å². The molecule has 0 amide bonds. The second-order valence-electron chi connectivity index (χ2n) is 8.21. The topological polar surface area (TPSA) is 67.9 Å². The molecule has 0 aliphatic carbocycles. The number of hydrogen-bond acceptors (Lipinski definition) is 4. The van der Waals surface area contributed by atoms with Crippen LogP contribution in [0.25, 0.3) is 6.08 Å². The Morgan fingerprint density at radius 2 is 1.70 bits per heavy atom. The highest BCUT2D eigenvalue weighted by atomic mass is 79.9. The van der Waals surface area contributed by atoms with Crippen molar-refractivity contribution in [1.29, 1.82) is 10.5 Å². The van der Waals surface area contributed by atoms with Crippen molar-refractivity contribution in [2.24, 2.45) is 5.41 Å². The first-order chi connectivity index (χ1) is 16.0. The van der Waals surface area contributed by atoms with Gasteiger partial charge in [0.2, 0.25) is 0 Å². The van der Waals surface area contributed by atoms with E-state index < -0.39 is 23.4 Å². The number of carbonyl (C=O) groups is 1. The number of nitriles is 2. The third kappa shape index (κ3) is 3.28. The predicted octanol–water partition coefficient (Wildman–Crippen LogP) is 6.39. The number of rotatable bonds is 3. The van der Waals surface area contributed by atoms with Gasteiger partial charge < -0.3 is 4.90 Å². The van der Waals surface area contributed by atoms with Gasteiger partial charge in [0.1, 0.15) is 6.04 Å². The standard InChI is InChI=1S/C27H17BrClN3O/c28-20-9-6-17(7-10-20)24-25(26(33)18-4-2-1-3-5-18)32-22-12-11-21(29)14-19(22)8-13-23(32)27(24,15-30)16-31/h1-14,23-25H/t23-,24-,25+/m0/s1. The SMILES string of the molecule is N#CC1(C#N)[C@@H]2C=Cc3cc(Cl)ccc3N2[C@@H](C(=O)c2ccccc2)[C@@H]1c1ccc(Br)cc1. The van der Waals surface area contributed by atoms with E-state index in [2.05, 4.69) is 28.1 Å². The molecule has 0 saturated carbocycles. The van der Waals surface area contributed by atoms with Crippen molar-refractivity contribution < 1.29 is 4.79 Å². The number of Topliss-reactive ketones (excluding diaryl/α,β-unsaturated/α-hetero) is 1. The summed E-state index contributed by atoms with van der Waals surface area (Å²) in [5.74, 6) is -0.790. The maximum Gasteiger partial charge on any atom is 0.185 e. The Labute approximate surface area is 205 Å². The molecule has 0 spiro atoms. The van der Waals surface area contributed by atoms with Crippen molar-refractivity contribution in [3.8, 4) is 12.1 Å². The number of hydrogen-bond donors (Lipinski definition) is 0. The zero-order valence-corrected chi connectivity index (χ0v) is 19.7. The Bertz CT molecular complexity index is 1340. The van der Waals surface area contributed by atoms with E-state index in [1.54, 1.807) is 18.2 Å². The molecule has 3 aromatic carbocycles. The highest BCUT2D eigenvalue weighted by Crippen LogP contribution is 2.55. The van der Waals surface area contributed by atoms with Crippen LogP contribution in [-0.2, 0) is 0 Å². The van der Waals surface area contributed by atoms with E-state index in [1.165, 1.54) is 0 Å². The number of carbonyl (C=O) groups excluding carboxylic acids is 1. The van der Waals surface area contributed by atoms with Gasteiger partial charge in [-0.25, -0.2) is 0 Å². The van der Waals surface area contributed by atoms with E-state index >= 15 is 0 Å². The highest BCUT2D eigenvalue weighted by Gasteiger charge is 2.63. The molecule has 0 aromatic heterocycles. The van der Waals surface area contributed by atoms with E-state index in [4.69, 9.17) is 11.6 Å². The maximum absolute atomic E-state index is 14.0. The summed E-state index contributed by atoms with van der Waals surface area (Å²) in [5.41, 5.74) is 1.49. The Kier molecular flexibility index (Phi) is 5.33. The normalized spacial score (nSPS) is 22.1. The molecular weight excluding hydrogens is 498 g/mol. The fourth-order valence-corrected chi connectivity index (χ4v) is 5.53. The molecule has 6 heteroatoms. The van der Waals surface area contributed by atoms with E-state index in [0.29, 0.717) is 10.6 Å². The Morgan fingerprint density at radius 3 is 2.36 bits per heavy atom. The van der Waals surface area contributed by atoms with Gasteiger partial charge in [-0.3, -0.25) is 4.79 Å². The number of ketones is 1. The largest absolute Gasteiger partial charge is 0.351 e. The number of halogens is 2. The first kappa shape index (κ1) is 21.5. The third-order valence-corrected chi connectivity index (χ3v) is 7.29. The second kappa shape index (κ2) is 8.19. The minimum absolute atomic E-state index is 0.128. The Morgan fingerprint density at radius 1 is 1.00 bits per heavy atom. The smallest absolute Gasteiger partial charge is 0.185 e. The summed E-state index contributed by atoms with van der Waals surface area (Å²) in [6.45, 7) is 0. The number of benzene rings is 3. The van der Waals surface area contributed by atoms with Crippen LogP contribution in [0, 0.1) is 28.1 Å². The van der Waals surface area contributed by atoms with E-state index in [1.807, 2.05) is 71.6 Å². The van der Waals surface area contributed by atoms with Gasteiger partial charge >= 0.3 is 0 Å². The van der Waals surface area contributed by atoms with Crippen molar-refractivity contribution in [3.05, 3.63) is 105 Å². The zero-order valence-electron chi connectivity index (χ0n) is 17.3. The van der Waals surface area contributed by atoms with Crippen LogP contribution in [0.1, 0.15) is 27.4 Å². The third-order valence-electron chi connectivity index (χ3n) is 6.52. The molecular formula is C27H17BrClN3O. The van der Waals surface area contributed by atoms with Crippen LogP contribution in [0.15, 0.2) is 83.3 Å². The Balaban J connectivity index is 1.79. The molecule has 0 unspecified atom stereocenters. The minimum atomic E-state index is -1.46. The molecule has 4 nitrogen and oxygen atoms in total. The molecule has 5 rings (SSSR count). The summed E-state index contributed by atoms with van der Waals surface area (Å²) in [5, 5.41) is 21.4. The van der Waals surface area contributed by atoms with Crippen molar-refractivity contribution in [2.45, 2.75) is 18.0 Å². The number of nitrogens with zero attached hydrogens (tertiary/aromatic N) is 3. The van der Waals surface area contributed by atoms with Gasteiger partial charge in [0.05, 0.1) is 18.2 Å². The molecule has 3 atom stereocenters. The van der Waals surface area contributed by atoms with E-state index in [0.717, 1.165) is 21.3 Å². The van der Waals surface area contributed by atoms with Crippen LogP contribution in [-0.4, -0.2) is 17.9 Å². The lowest BCUT2D eigenvalue weighted by molar-refractivity contribution is 0.0951. The summed E-state index contributed by atoms with van der Waals surface area (Å²) in [7, 11) is 0. The highest BCUT2D eigenvalue weighted by molar-refractivity contribution is 9.10. The fraction of sp³-hybridized carbons (Fsp3) is 0.148. The van der Waals surface area contributed by atoms with Crippen LogP contribution < -0.4 is 4.90 Å². The van der Waals surface area contributed by atoms with Gasteiger partial charge in [-0.2, -0.15) is 10.5 Å². The van der Waals surface area contributed by atoms with E-state index in [-0.39, 0.29) is 5.78 Å². The molecule has 33 heavy (non-hydrogen) atoms. The lowest BCUT2D eigenvalue weighted by Crippen LogP contribution is -2.44. The van der Waals surface area contributed by atoms with Crippen LogP contribution in [0.2, 0.25) is 5.02 Å². The monoisotopic (exact) mass is 513 g/mol. The predicted molar refractivity (Wildman–Crippen MR) is 132 cm³/mol. The molecule has 0 bridgehead atoms. The minimum Gasteiger partial charge on any atom is -0.351 e. The molecule has 2 heterocycles. The molecule has 0 N–H and O–H groups in total. The molecule has 3 aromatic rings. The average molecular weight is 515 g/mol. The molecule has 1 saturated heterocycles. The number of anilines is 1. The lowest BCUT2D eigenvalue weighted by atomic mass is 9.69. The molecule has 1 fully saturated rings. The van der Waals surface area contributed by atoms with Crippen molar-refractivity contribution >= 4 is 45.1 Å². The van der Waals surface area contributed by atoms with E-state index in [9.17, 15) is 15.3 Å². The van der Waals surface area contributed by atoms with Gasteiger partial charge in [0.15, 0.2) is 11.2 Å². The van der Waals surface area contributed by atoms with Crippen LogP contribution >= 0.6 is 27.5 Å². The Hall–Kier alpha value is -3.38. The zero-order chi connectivity index (χ0) is 23.2. The summed E-state index contributed by atoms with van der Waals surface area (Å²) in [4.78, 5) is 16.0. The van der Waals surface area contributed by atoms with Crippen LogP contribution in [0.3, 0.4) is 0 Å². The number of fused-ring (bicyclic) bond motifs is 3. The second-order valence-corrected chi connectivity index (χ2v) is 9.56. The van der Waals surface area contributed by atoms with Gasteiger partial charge in [-0.1, -0.05) is 82.1 Å². The quantitative estimate of drug-likeness (QED) is 0.380. The summed E-state index contributed by atoms with van der Waals surface area (Å²) in [6.07, 6.45) is 3.75. The molecule has 2 aliphatic heterocycles. The van der Waals surface area contributed by atoms with Gasteiger partial charge in [-0.15, -0.1) is 0 Å². The summed E-state index contributed by atoms with van der Waals surface area (Å²) < 4.78 is 0.882. The molecule has 160 valence electrons. The summed E-state index contributed by atoms with van der Waals surface area (Å²) in [6, 6.07) is 25.3. The summed E-state index contributed by atoms with van der Waals surface area (Å²) >= 11 is 9.69. The molecule has 0 radical (unpaired) electrons. The van der Waals surface area contributed by atoms with Crippen molar-refractivity contribution in [1.82, 2.24) is 0 Å². The maximum atomic E-state index is 14.0.